The van der Waals surface area contributed by atoms with Gasteiger partial charge >= 0.3 is 0 Å². The highest BCUT2D eigenvalue weighted by atomic mass is 32.2. The molecule has 0 fully saturated rings. The first-order valence-corrected chi connectivity index (χ1v) is 11.5. The lowest BCUT2D eigenvalue weighted by atomic mass is 9.84. The van der Waals surface area contributed by atoms with Gasteiger partial charge in [0.15, 0.2) is 5.58 Å². The molecule has 2 heterocycles. The summed E-state index contributed by atoms with van der Waals surface area (Å²) in [4.78, 5) is 4.53. The van der Waals surface area contributed by atoms with Gasteiger partial charge in [0.1, 0.15) is 5.69 Å². The second-order valence-electron chi connectivity index (χ2n) is 8.89. The van der Waals surface area contributed by atoms with Crippen LogP contribution < -0.4 is 4.72 Å². The fraction of sp³-hybridized carbons (Fsp3) is 0.280. The van der Waals surface area contributed by atoms with E-state index in [9.17, 15) is 4.21 Å². The average Bonchev–Trinajstić information content (AvgIpc) is 3.18. The Labute approximate surface area is 185 Å². The highest BCUT2D eigenvalue weighted by Gasteiger charge is 2.35. The van der Waals surface area contributed by atoms with Crippen LogP contribution >= 0.6 is 0 Å². The van der Waals surface area contributed by atoms with Gasteiger partial charge in [-0.1, -0.05) is 47.6 Å². The van der Waals surface area contributed by atoms with E-state index in [0.717, 1.165) is 33.5 Å². The van der Waals surface area contributed by atoms with E-state index in [0.29, 0.717) is 6.42 Å². The highest BCUT2D eigenvalue weighted by Crippen LogP contribution is 2.37. The Balaban J connectivity index is 1.87. The molecule has 0 aliphatic rings. The number of fused-ring (bicyclic) bond motifs is 1. The number of nitrogens with one attached hydrogen (secondary N) is 1. The molecule has 0 radical (unpaired) electrons. The summed E-state index contributed by atoms with van der Waals surface area (Å²) in [6.45, 7) is 7.98. The number of benzene rings is 2. The number of aromatic nitrogens is 2. The fourth-order valence-electron chi connectivity index (χ4n) is 3.66. The molecule has 2 aromatic carbocycles. The van der Waals surface area contributed by atoms with Gasteiger partial charge in [-0.25, -0.2) is 8.93 Å². The zero-order valence-corrected chi connectivity index (χ0v) is 19.1. The highest BCUT2D eigenvalue weighted by molar-refractivity contribution is 7.84. The molecule has 2 unspecified atom stereocenters. The third-order valence-electron chi connectivity index (χ3n) is 5.29. The van der Waals surface area contributed by atoms with E-state index >= 15 is 0 Å². The average molecular weight is 434 g/mol. The predicted octanol–water partition coefficient (Wildman–Crippen LogP) is 5.40. The Kier molecular flexibility index (Phi) is 5.77. The number of rotatable bonds is 6. The van der Waals surface area contributed by atoms with Crippen molar-refractivity contribution in [2.75, 3.05) is 0 Å². The van der Waals surface area contributed by atoms with E-state index in [1.54, 1.807) is 6.20 Å². The minimum absolute atomic E-state index is 0.416. The molecule has 2 aromatic heterocycles. The van der Waals surface area contributed by atoms with Crippen LogP contribution in [0.3, 0.4) is 0 Å². The molecule has 6 heteroatoms. The summed E-state index contributed by atoms with van der Waals surface area (Å²) in [7, 11) is -1.28. The molecule has 4 rings (SSSR count). The van der Waals surface area contributed by atoms with Crippen LogP contribution in [0.25, 0.3) is 22.2 Å². The molecule has 0 bridgehead atoms. The quantitative estimate of drug-likeness (QED) is 0.442. The van der Waals surface area contributed by atoms with Crippen molar-refractivity contribution in [1.29, 1.82) is 0 Å². The monoisotopic (exact) mass is 433 g/mol. The van der Waals surface area contributed by atoms with E-state index < -0.39 is 21.3 Å². The maximum atomic E-state index is 13.2. The van der Waals surface area contributed by atoms with Crippen molar-refractivity contribution in [2.45, 2.75) is 44.4 Å². The van der Waals surface area contributed by atoms with Crippen molar-refractivity contribution >= 4 is 22.0 Å². The molecular formula is C25H27N3O2S. The first-order valence-electron chi connectivity index (χ1n) is 10.3. The molecule has 1 N–H and O–H groups in total. The molecule has 0 aliphatic heterocycles. The van der Waals surface area contributed by atoms with Crippen molar-refractivity contribution in [3.8, 4) is 11.3 Å². The van der Waals surface area contributed by atoms with E-state index in [1.807, 2.05) is 81.4 Å². The first-order chi connectivity index (χ1) is 14.8. The van der Waals surface area contributed by atoms with E-state index in [4.69, 9.17) is 4.52 Å². The topological polar surface area (TPSA) is 68.0 Å². The molecule has 0 amide bonds. The Morgan fingerprint density at radius 2 is 1.65 bits per heavy atom. The summed E-state index contributed by atoms with van der Waals surface area (Å²) in [6, 6.07) is 21.8. The number of para-hydroxylation sites is 1. The third kappa shape index (κ3) is 4.45. The van der Waals surface area contributed by atoms with Crippen LogP contribution in [0.15, 0.2) is 77.4 Å². The zero-order valence-electron chi connectivity index (χ0n) is 18.3. The van der Waals surface area contributed by atoms with Crippen LogP contribution in [0.1, 0.15) is 39.0 Å². The van der Waals surface area contributed by atoms with Crippen molar-refractivity contribution in [3.05, 3.63) is 84.2 Å². The Bertz CT molecular complexity index is 1210. The van der Waals surface area contributed by atoms with Crippen molar-refractivity contribution in [3.63, 3.8) is 0 Å². The van der Waals surface area contributed by atoms with Gasteiger partial charge in [-0.05, 0) is 57.5 Å². The minimum Gasteiger partial charge on any atom is -0.356 e. The van der Waals surface area contributed by atoms with E-state index in [1.165, 1.54) is 0 Å². The summed E-state index contributed by atoms with van der Waals surface area (Å²) in [5, 5.41) is 5.33. The SMILES string of the molecule is CC(Cc1ccccn1)(NS(=O)C(C)(C)C)c1ccccc1-c1noc2ccccc12. The second kappa shape index (κ2) is 8.36. The molecule has 31 heavy (non-hydrogen) atoms. The maximum absolute atomic E-state index is 13.2. The fourth-order valence-corrected chi connectivity index (χ4v) is 4.56. The van der Waals surface area contributed by atoms with Gasteiger partial charge in [-0.2, -0.15) is 0 Å². The molecule has 0 aliphatic carbocycles. The summed E-state index contributed by atoms with van der Waals surface area (Å²) in [6.07, 6.45) is 2.36. The maximum Gasteiger partial charge on any atom is 0.167 e. The first kappa shape index (κ1) is 21.4. The van der Waals surface area contributed by atoms with Gasteiger partial charge in [-0.15, -0.1) is 0 Å². The van der Waals surface area contributed by atoms with Gasteiger partial charge in [0.2, 0.25) is 0 Å². The molecule has 160 valence electrons. The zero-order chi connectivity index (χ0) is 22.1. The van der Waals surface area contributed by atoms with Crippen LogP contribution in [0.4, 0.5) is 0 Å². The van der Waals surface area contributed by atoms with Gasteiger partial charge in [0, 0.05) is 29.3 Å². The smallest absolute Gasteiger partial charge is 0.167 e. The van der Waals surface area contributed by atoms with E-state index in [-0.39, 0.29) is 0 Å². The van der Waals surface area contributed by atoms with Gasteiger partial charge in [0.05, 0.1) is 21.3 Å². The standard InChI is InChI=1S/C25H27N3O2S/c1-24(2,3)31(29)28-25(4,17-18-11-9-10-16-26-18)21-14-7-5-12-19(21)23-20-13-6-8-15-22(20)30-27-23/h5-16,28H,17H2,1-4H3. The van der Waals surface area contributed by atoms with Gasteiger partial charge in [-0.3, -0.25) is 4.98 Å². The normalized spacial score (nSPS) is 15.0. The lowest BCUT2D eigenvalue weighted by Crippen LogP contribution is -2.48. The molecular weight excluding hydrogens is 406 g/mol. The van der Waals surface area contributed by atoms with Gasteiger partial charge in [0.25, 0.3) is 0 Å². The molecule has 0 spiro atoms. The van der Waals surface area contributed by atoms with Crippen molar-refractivity contribution in [2.24, 2.45) is 0 Å². The molecule has 0 saturated heterocycles. The number of nitrogens with zero attached hydrogens (tertiary/aromatic N) is 2. The molecule has 0 saturated carbocycles. The molecule has 4 aromatic rings. The summed E-state index contributed by atoms with van der Waals surface area (Å²) < 4.78 is 21.8. The lowest BCUT2D eigenvalue weighted by molar-refractivity contribution is 0.432. The second-order valence-corrected chi connectivity index (χ2v) is 10.9. The third-order valence-corrected chi connectivity index (χ3v) is 7.04. The number of pyridine rings is 1. The van der Waals surface area contributed by atoms with Crippen LogP contribution in [-0.4, -0.2) is 19.1 Å². The number of hydrogen-bond acceptors (Lipinski definition) is 4. The van der Waals surface area contributed by atoms with Crippen LogP contribution in [0, 0.1) is 0 Å². The van der Waals surface area contributed by atoms with Crippen LogP contribution in [0.2, 0.25) is 0 Å². The minimum atomic E-state index is -1.28. The van der Waals surface area contributed by atoms with Crippen molar-refractivity contribution in [1.82, 2.24) is 14.9 Å². The predicted molar refractivity (Wildman–Crippen MR) is 126 cm³/mol. The molecule has 5 nitrogen and oxygen atoms in total. The van der Waals surface area contributed by atoms with Crippen molar-refractivity contribution < 1.29 is 8.73 Å². The lowest BCUT2D eigenvalue weighted by Gasteiger charge is -2.35. The summed E-state index contributed by atoms with van der Waals surface area (Å²) in [5.41, 5.74) is 3.74. The summed E-state index contributed by atoms with van der Waals surface area (Å²) >= 11 is 0. The largest absolute Gasteiger partial charge is 0.356 e. The van der Waals surface area contributed by atoms with E-state index in [2.05, 4.69) is 27.9 Å². The Hall–Kier alpha value is -2.83. The Morgan fingerprint density at radius 1 is 0.935 bits per heavy atom. The van der Waals surface area contributed by atoms with Crippen LogP contribution in [-0.2, 0) is 22.9 Å². The Morgan fingerprint density at radius 3 is 2.39 bits per heavy atom. The van der Waals surface area contributed by atoms with Gasteiger partial charge < -0.3 is 4.52 Å². The van der Waals surface area contributed by atoms with Crippen LogP contribution in [0.5, 0.6) is 0 Å². The summed E-state index contributed by atoms with van der Waals surface area (Å²) in [5.74, 6) is 0. The molecule has 2 atom stereocenters. The number of hydrogen-bond donors (Lipinski definition) is 1.